The number of carbonyl (C=O) groups is 1. The van der Waals surface area contributed by atoms with Crippen molar-refractivity contribution in [2.24, 2.45) is 0 Å². The minimum atomic E-state index is -4.60. The van der Waals surface area contributed by atoms with Gasteiger partial charge in [0.05, 0.1) is 35.3 Å². The number of carbonyl (C=O) groups excluding carboxylic acids is 1. The maximum Gasteiger partial charge on any atom is 0.416 e. The quantitative estimate of drug-likeness (QED) is 0.257. The Morgan fingerprint density at radius 2 is 1.74 bits per heavy atom. The molecule has 0 radical (unpaired) electrons. The van der Waals surface area contributed by atoms with Gasteiger partial charge in [-0.3, -0.25) is 14.2 Å². The van der Waals surface area contributed by atoms with Crippen LogP contribution in [0.5, 0.6) is 5.75 Å². The highest BCUT2D eigenvalue weighted by Crippen LogP contribution is 2.31. The Kier molecular flexibility index (Phi) is 8.35. The van der Waals surface area contributed by atoms with Crippen LogP contribution < -0.4 is 10.3 Å². The molecule has 1 aromatic heterocycles. The van der Waals surface area contributed by atoms with Crippen molar-refractivity contribution in [3.05, 3.63) is 100 Å². The molecule has 1 heterocycles. The second-order valence-corrected chi connectivity index (χ2v) is 8.93. The van der Waals surface area contributed by atoms with E-state index in [0.717, 1.165) is 12.1 Å². The normalized spacial score (nSPS) is 12.4. The van der Waals surface area contributed by atoms with Crippen molar-refractivity contribution in [2.75, 3.05) is 27.4 Å². The summed E-state index contributed by atoms with van der Waals surface area (Å²) >= 11 is 0. The van der Waals surface area contributed by atoms with Crippen LogP contribution in [0.25, 0.3) is 16.6 Å². The number of hydrogen-bond donors (Lipinski definition) is 0. The van der Waals surface area contributed by atoms with E-state index < -0.39 is 23.7 Å². The molecule has 0 N–H and O–H groups in total. The Bertz CT molecular complexity index is 1520. The second-order valence-electron chi connectivity index (χ2n) is 8.93. The standard InChI is InChI=1S/C29H28F3N3O4/c1-19(34(16-7-17-38-2)27(36)20-8-6-9-21(18-20)29(30,31)32)26-33-25-11-5-4-10-24(25)28(37)35(26)22-12-14-23(39-3)15-13-22/h4-6,8-15,18-19H,7,16-17H2,1-3H3. The van der Waals surface area contributed by atoms with E-state index in [1.165, 1.54) is 35.8 Å². The lowest BCUT2D eigenvalue weighted by molar-refractivity contribution is -0.137. The smallest absolute Gasteiger partial charge is 0.416 e. The minimum Gasteiger partial charge on any atom is -0.497 e. The highest BCUT2D eigenvalue weighted by atomic mass is 19.4. The number of fused-ring (bicyclic) bond motifs is 1. The molecule has 0 saturated carbocycles. The molecule has 0 aliphatic rings. The summed E-state index contributed by atoms with van der Waals surface area (Å²) < 4.78 is 52.0. The van der Waals surface area contributed by atoms with Crippen molar-refractivity contribution in [1.82, 2.24) is 14.5 Å². The number of alkyl halides is 3. The van der Waals surface area contributed by atoms with Gasteiger partial charge in [-0.1, -0.05) is 18.2 Å². The van der Waals surface area contributed by atoms with Crippen LogP contribution in [0.2, 0.25) is 0 Å². The number of aromatic nitrogens is 2. The lowest BCUT2D eigenvalue weighted by Gasteiger charge is -2.31. The molecule has 0 aliphatic heterocycles. The molecular formula is C29H28F3N3O4. The summed E-state index contributed by atoms with van der Waals surface area (Å²) in [6.07, 6.45) is -4.18. The highest BCUT2D eigenvalue weighted by Gasteiger charge is 2.32. The zero-order chi connectivity index (χ0) is 28.2. The van der Waals surface area contributed by atoms with Crippen LogP contribution >= 0.6 is 0 Å². The maximum absolute atomic E-state index is 13.7. The molecule has 3 aromatic carbocycles. The zero-order valence-electron chi connectivity index (χ0n) is 21.7. The molecule has 0 spiro atoms. The number of halogens is 3. The van der Waals surface area contributed by atoms with Gasteiger partial charge >= 0.3 is 6.18 Å². The summed E-state index contributed by atoms with van der Waals surface area (Å²) in [6.45, 7) is 2.19. The Labute approximate surface area is 223 Å². The van der Waals surface area contributed by atoms with Crippen molar-refractivity contribution >= 4 is 16.8 Å². The van der Waals surface area contributed by atoms with Crippen molar-refractivity contribution in [3.63, 3.8) is 0 Å². The van der Waals surface area contributed by atoms with Gasteiger partial charge in [0, 0.05) is 25.8 Å². The fourth-order valence-corrected chi connectivity index (χ4v) is 4.40. The summed E-state index contributed by atoms with van der Waals surface area (Å²) in [5.74, 6) is 0.242. The van der Waals surface area contributed by atoms with Crippen LogP contribution in [0.3, 0.4) is 0 Å². The average molecular weight is 540 g/mol. The Morgan fingerprint density at radius 1 is 1.03 bits per heavy atom. The Balaban J connectivity index is 1.87. The maximum atomic E-state index is 13.7. The van der Waals surface area contributed by atoms with E-state index >= 15 is 0 Å². The van der Waals surface area contributed by atoms with E-state index in [2.05, 4.69) is 0 Å². The number of para-hydroxylation sites is 1. The van der Waals surface area contributed by atoms with Gasteiger partial charge in [-0.05, 0) is 67.9 Å². The molecule has 0 aliphatic carbocycles. The average Bonchev–Trinajstić information content (AvgIpc) is 2.94. The van der Waals surface area contributed by atoms with E-state index in [0.29, 0.717) is 35.4 Å². The summed E-state index contributed by atoms with van der Waals surface area (Å²) in [7, 11) is 3.05. The summed E-state index contributed by atoms with van der Waals surface area (Å²) in [5, 5.41) is 0.388. The van der Waals surface area contributed by atoms with Gasteiger partial charge in [0.25, 0.3) is 11.5 Å². The molecule has 1 amide bonds. The number of ether oxygens (including phenoxy) is 2. The molecule has 0 bridgehead atoms. The van der Waals surface area contributed by atoms with E-state index in [4.69, 9.17) is 14.5 Å². The predicted octanol–water partition coefficient (Wildman–Crippen LogP) is 5.65. The minimum absolute atomic E-state index is 0.117. The third kappa shape index (κ3) is 5.96. The Morgan fingerprint density at radius 3 is 2.41 bits per heavy atom. The van der Waals surface area contributed by atoms with Crippen LogP contribution in [0.4, 0.5) is 13.2 Å². The molecule has 4 aromatic rings. The molecule has 4 rings (SSSR count). The number of amides is 1. The first kappa shape index (κ1) is 27.8. The van der Waals surface area contributed by atoms with Gasteiger partial charge in [0.15, 0.2) is 0 Å². The van der Waals surface area contributed by atoms with Gasteiger partial charge in [0.1, 0.15) is 11.6 Å². The van der Waals surface area contributed by atoms with Crippen LogP contribution in [0.15, 0.2) is 77.6 Å². The predicted molar refractivity (Wildman–Crippen MR) is 141 cm³/mol. The van der Waals surface area contributed by atoms with E-state index in [1.807, 2.05) is 0 Å². The molecule has 10 heteroatoms. The fourth-order valence-electron chi connectivity index (χ4n) is 4.40. The summed E-state index contributed by atoms with van der Waals surface area (Å²) in [5.41, 5.74) is -0.428. The largest absolute Gasteiger partial charge is 0.497 e. The first-order valence-electron chi connectivity index (χ1n) is 12.3. The lowest BCUT2D eigenvalue weighted by atomic mass is 10.1. The van der Waals surface area contributed by atoms with E-state index in [1.54, 1.807) is 55.5 Å². The lowest BCUT2D eigenvalue weighted by Crippen LogP contribution is -2.38. The van der Waals surface area contributed by atoms with Gasteiger partial charge < -0.3 is 14.4 Å². The molecule has 0 fully saturated rings. The van der Waals surface area contributed by atoms with Crippen LogP contribution in [-0.2, 0) is 10.9 Å². The molecule has 204 valence electrons. The third-order valence-corrected chi connectivity index (χ3v) is 6.42. The van der Waals surface area contributed by atoms with Gasteiger partial charge in [-0.25, -0.2) is 4.98 Å². The first-order valence-corrected chi connectivity index (χ1v) is 12.3. The van der Waals surface area contributed by atoms with E-state index in [9.17, 15) is 22.8 Å². The third-order valence-electron chi connectivity index (χ3n) is 6.42. The molecule has 1 atom stereocenters. The van der Waals surface area contributed by atoms with Crippen molar-refractivity contribution < 1.29 is 27.4 Å². The van der Waals surface area contributed by atoms with Crippen LogP contribution in [0, 0.1) is 0 Å². The van der Waals surface area contributed by atoms with E-state index in [-0.39, 0.29) is 23.5 Å². The van der Waals surface area contributed by atoms with Gasteiger partial charge in [-0.15, -0.1) is 0 Å². The zero-order valence-corrected chi connectivity index (χ0v) is 21.7. The number of rotatable bonds is 9. The van der Waals surface area contributed by atoms with Gasteiger partial charge in [0.2, 0.25) is 0 Å². The monoisotopic (exact) mass is 539 g/mol. The summed E-state index contributed by atoms with van der Waals surface area (Å²) in [6, 6.07) is 17.2. The highest BCUT2D eigenvalue weighted by molar-refractivity contribution is 5.94. The fraction of sp³-hybridized carbons (Fsp3) is 0.276. The van der Waals surface area contributed by atoms with Gasteiger partial charge in [-0.2, -0.15) is 13.2 Å². The number of hydrogen-bond acceptors (Lipinski definition) is 5. The van der Waals surface area contributed by atoms with Crippen molar-refractivity contribution in [3.8, 4) is 11.4 Å². The second kappa shape index (κ2) is 11.7. The number of methoxy groups -OCH3 is 2. The van der Waals surface area contributed by atoms with Crippen molar-refractivity contribution in [2.45, 2.75) is 25.6 Å². The first-order chi connectivity index (χ1) is 18.7. The molecular weight excluding hydrogens is 511 g/mol. The number of nitrogens with zero attached hydrogens (tertiary/aromatic N) is 3. The topological polar surface area (TPSA) is 73.7 Å². The Hall–Kier alpha value is -4.18. The molecule has 7 nitrogen and oxygen atoms in total. The number of benzene rings is 3. The summed E-state index contributed by atoms with van der Waals surface area (Å²) in [4.78, 5) is 33.6. The molecule has 0 saturated heterocycles. The van der Waals surface area contributed by atoms with Crippen molar-refractivity contribution in [1.29, 1.82) is 0 Å². The van der Waals surface area contributed by atoms with Crippen LogP contribution in [-0.4, -0.2) is 47.7 Å². The van der Waals surface area contributed by atoms with Crippen LogP contribution in [0.1, 0.15) is 41.1 Å². The molecule has 1 unspecified atom stereocenters. The molecule has 39 heavy (non-hydrogen) atoms. The SMILES string of the molecule is COCCCN(C(=O)c1cccc(C(F)(F)F)c1)C(C)c1nc2ccccc2c(=O)n1-c1ccc(OC)cc1.